The molecule has 0 spiro atoms. The summed E-state index contributed by atoms with van der Waals surface area (Å²) in [4.78, 5) is 16.6. The van der Waals surface area contributed by atoms with Crippen LogP contribution in [0.25, 0.3) is 11.3 Å². The van der Waals surface area contributed by atoms with E-state index in [0.29, 0.717) is 0 Å². The Labute approximate surface area is 99.7 Å². The van der Waals surface area contributed by atoms with Crippen LogP contribution in [0.2, 0.25) is 0 Å². The van der Waals surface area contributed by atoms with Crippen molar-refractivity contribution in [1.82, 2.24) is 9.97 Å². The second kappa shape index (κ2) is 4.49. The molecule has 0 saturated carbocycles. The van der Waals surface area contributed by atoms with Crippen LogP contribution in [0.4, 0.5) is 0 Å². The van der Waals surface area contributed by atoms with Crippen molar-refractivity contribution in [2.75, 3.05) is 0 Å². The summed E-state index contributed by atoms with van der Waals surface area (Å²) in [5.41, 5.74) is 2.45. The molecule has 0 bridgehead atoms. The number of aromatic nitrogens is 2. The highest BCUT2D eigenvalue weighted by atomic mass is 16.5. The average molecular weight is 232 g/mol. The molecule has 4 heteroatoms. The van der Waals surface area contributed by atoms with Gasteiger partial charge in [0.05, 0.1) is 11.8 Å². The van der Waals surface area contributed by atoms with E-state index in [-0.39, 0.29) is 11.8 Å². The lowest BCUT2D eigenvalue weighted by Gasteiger charge is -2.09. The van der Waals surface area contributed by atoms with Gasteiger partial charge in [0, 0.05) is 11.3 Å². The molecule has 0 aliphatic rings. The van der Waals surface area contributed by atoms with Gasteiger partial charge in [0.2, 0.25) is 0 Å². The van der Waals surface area contributed by atoms with Crippen LogP contribution in [-0.2, 0) is 0 Å². The first-order valence-corrected chi connectivity index (χ1v) is 5.62. The maximum Gasteiger partial charge on any atom is 0.323 e. The van der Waals surface area contributed by atoms with Crippen molar-refractivity contribution < 1.29 is 4.74 Å². The normalized spacial score (nSPS) is 10.8. The molecular formula is C13H16N2O2. The highest BCUT2D eigenvalue weighted by Crippen LogP contribution is 2.22. The van der Waals surface area contributed by atoms with Gasteiger partial charge in [-0.1, -0.05) is 0 Å². The Morgan fingerprint density at radius 2 is 1.76 bits per heavy atom. The average Bonchev–Trinajstić information content (AvgIpc) is 2.58. The number of imidazole rings is 1. The predicted molar refractivity (Wildman–Crippen MR) is 67.4 cm³/mol. The van der Waals surface area contributed by atoms with Crippen LogP contribution >= 0.6 is 0 Å². The van der Waals surface area contributed by atoms with E-state index in [0.717, 1.165) is 22.7 Å². The maximum absolute atomic E-state index is 11.2. The largest absolute Gasteiger partial charge is 0.491 e. The molecule has 2 N–H and O–H groups in total. The van der Waals surface area contributed by atoms with E-state index < -0.39 is 0 Å². The summed E-state index contributed by atoms with van der Waals surface area (Å²) in [5, 5.41) is 0. The van der Waals surface area contributed by atoms with Crippen LogP contribution in [-0.4, -0.2) is 16.1 Å². The van der Waals surface area contributed by atoms with Crippen LogP contribution in [0.5, 0.6) is 5.75 Å². The van der Waals surface area contributed by atoms with Crippen LogP contribution in [0.3, 0.4) is 0 Å². The Morgan fingerprint density at radius 3 is 2.24 bits per heavy atom. The summed E-state index contributed by atoms with van der Waals surface area (Å²) in [7, 11) is 0. The van der Waals surface area contributed by atoms with E-state index in [1.165, 1.54) is 0 Å². The number of H-pyrrole nitrogens is 2. The fourth-order valence-electron chi connectivity index (χ4n) is 1.73. The number of nitrogens with one attached hydrogen (secondary N) is 2. The Bertz CT molecular complexity index is 550. The molecule has 0 unspecified atom stereocenters. The molecule has 17 heavy (non-hydrogen) atoms. The second-order valence-corrected chi connectivity index (χ2v) is 4.27. The zero-order valence-corrected chi connectivity index (χ0v) is 10.2. The maximum atomic E-state index is 11.2. The molecular weight excluding hydrogens is 216 g/mol. The summed E-state index contributed by atoms with van der Waals surface area (Å²) in [6, 6.07) is 7.67. The third-order valence-electron chi connectivity index (χ3n) is 2.43. The van der Waals surface area contributed by atoms with Crippen molar-refractivity contribution in [1.29, 1.82) is 0 Å². The molecule has 0 radical (unpaired) electrons. The highest BCUT2D eigenvalue weighted by Gasteiger charge is 2.05. The van der Waals surface area contributed by atoms with Crippen molar-refractivity contribution in [3.8, 4) is 17.0 Å². The Morgan fingerprint density at radius 1 is 1.12 bits per heavy atom. The van der Waals surface area contributed by atoms with E-state index >= 15 is 0 Å². The van der Waals surface area contributed by atoms with Gasteiger partial charge in [0.1, 0.15) is 5.75 Å². The molecule has 0 atom stereocenters. The zero-order valence-electron chi connectivity index (χ0n) is 10.2. The molecule has 1 heterocycles. The summed E-state index contributed by atoms with van der Waals surface area (Å²) >= 11 is 0. The number of aromatic amines is 2. The van der Waals surface area contributed by atoms with Crippen molar-refractivity contribution in [2.45, 2.75) is 26.9 Å². The molecule has 0 aliphatic carbocycles. The van der Waals surface area contributed by atoms with Crippen LogP contribution in [0, 0.1) is 6.92 Å². The molecule has 2 aromatic rings. The standard InChI is InChI=1S/C13H16N2O2/c1-8(2)17-11-6-4-10(5-7-11)12-9(3)14-13(16)15-12/h4-8H,1-3H3,(H2,14,15,16). The summed E-state index contributed by atoms with van der Waals surface area (Å²) in [5.74, 6) is 0.833. The molecule has 1 aromatic carbocycles. The van der Waals surface area contributed by atoms with Crippen LogP contribution in [0.15, 0.2) is 29.1 Å². The van der Waals surface area contributed by atoms with Crippen LogP contribution < -0.4 is 10.4 Å². The molecule has 0 aliphatic heterocycles. The molecule has 2 rings (SSSR count). The van der Waals surface area contributed by atoms with Crippen LogP contribution in [0.1, 0.15) is 19.5 Å². The Hall–Kier alpha value is -1.97. The number of hydrogen-bond donors (Lipinski definition) is 2. The first-order chi connectivity index (χ1) is 8.06. The summed E-state index contributed by atoms with van der Waals surface area (Å²) in [6.45, 7) is 5.84. The number of hydrogen-bond acceptors (Lipinski definition) is 2. The number of rotatable bonds is 3. The van der Waals surface area contributed by atoms with E-state index in [1.54, 1.807) is 0 Å². The quantitative estimate of drug-likeness (QED) is 0.854. The monoisotopic (exact) mass is 232 g/mol. The third kappa shape index (κ3) is 2.58. The van der Waals surface area contributed by atoms with E-state index in [1.807, 2.05) is 45.0 Å². The number of ether oxygens (including phenoxy) is 1. The van der Waals surface area contributed by atoms with Gasteiger partial charge in [-0.25, -0.2) is 4.79 Å². The smallest absolute Gasteiger partial charge is 0.323 e. The minimum atomic E-state index is -0.181. The van der Waals surface area contributed by atoms with E-state index in [2.05, 4.69) is 9.97 Å². The molecule has 90 valence electrons. The fourth-order valence-corrected chi connectivity index (χ4v) is 1.73. The molecule has 0 amide bonds. The zero-order chi connectivity index (χ0) is 12.4. The molecule has 0 fully saturated rings. The van der Waals surface area contributed by atoms with Crippen molar-refractivity contribution >= 4 is 0 Å². The van der Waals surface area contributed by atoms with Gasteiger partial charge in [-0.2, -0.15) is 0 Å². The van der Waals surface area contributed by atoms with Crippen molar-refractivity contribution in [3.05, 3.63) is 40.4 Å². The fraction of sp³-hybridized carbons (Fsp3) is 0.308. The lowest BCUT2D eigenvalue weighted by molar-refractivity contribution is 0.242. The SMILES string of the molecule is Cc1[nH]c(=O)[nH]c1-c1ccc(OC(C)C)cc1. The van der Waals surface area contributed by atoms with Gasteiger partial charge >= 0.3 is 5.69 Å². The first kappa shape index (κ1) is 11.5. The Kier molecular flexibility index (Phi) is 3.04. The lowest BCUT2D eigenvalue weighted by Crippen LogP contribution is -2.05. The topological polar surface area (TPSA) is 57.9 Å². The molecule has 0 saturated heterocycles. The van der Waals surface area contributed by atoms with Gasteiger partial charge in [-0.15, -0.1) is 0 Å². The summed E-state index contributed by atoms with van der Waals surface area (Å²) < 4.78 is 5.56. The van der Waals surface area contributed by atoms with Crippen molar-refractivity contribution in [2.24, 2.45) is 0 Å². The van der Waals surface area contributed by atoms with E-state index in [4.69, 9.17) is 4.74 Å². The summed E-state index contributed by atoms with van der Waals surface area (Å²) in [6.07, 6.45) is 0.162. The first-order valence-electron chi connectivity index (χ1n) is 5.62. The molecule has 4 nitrogen and oxygen atoms in total. The predicted octanol–water partition coefficient (Wildman–Crippen LogP) is 2.47. The van der Waals surface area contributed by atoms with Gasteiger partial charge in [-0.3, -0.25) is 0 Å². The third-order valence-corrected chi connectivity index (χ3v) is 2.43. The van der Waals surface area contributed by atoms with Gasteiger partial charge in [0.25, 0.3) is 0 Å². The number of aryl methyl sites for hydroxylation is 1. The molecule has 1 aromatic heterocycles. The van der Waals surface area contributed by atoms with Gasteiger partial charge in [-0.05, 0) is 45.0 Å². The van der Waals surface area contributed by atoms with Gasteiger partial charge < -0.3 is 14.7 Å². The minimum Gasteiger partial charge on any atom is -0.491 e. The number of benzene rings is 1. The highest BCUT2D eigenvalue weighted by molar-refractivity contribution is 5.62. The van der Waals surface area contributed by atoms with E-state index in [9.17, 15) is 4.79 Å². The Balaban J connectivity index is 2.29. The minimum absolute atomic E-state index is 0.162. The lowest BCUT2D eigenvalue weighted by atomic mass is 10.1. The second-order valence-electron chi connectivity index (χ2n) is 4.27. The van der Waals surface area contributed by atoms with Crippen molar-refractivity contribution in [3.63, 3.8) is 0 Å². The van der Waals surface area contributed by atoms with Gasteiger partial charge in [0.15, 0.2) is 0 Å².